The Kier molecular flexibility index (Phi) is 4.76. The van der Waals surface area contributed by atoms with Crippen LogP contribution in [0.2, 0.25) is 5.15 Å². The van der Waals surface area contributed by atoms with Crippen LogP contribution in [-0.4, -0.2) is 42.0 Å². The molecule has 2 rings (SSSR count). The summed E-state index contributed by atoms with van der Waals surface area (Å²) in [4.78, 5) is 0. The third-order valence-corrected chi connectivity index (χ3v) is 3.05. The first-order valence-electron chi connectivity index (χ1n) is 5.63. The molecule has 0 saturated carbocycles. The van der Waals surface area contributed by atoms with Crippen molar-refractivity contribution in [2.45, 2.75) is 18.6 Å². The highest BCUT2D eigenvalue weighted by Crippen LogP contribution is 2.19. The van der Waals surface area contributed by atoms with Crippen LogP contribution in [0.15, 0.2) is 24.5 Å². The van der Waals surface area contributed by atoms with Crippen molar-refractivity contribution in [1.82, 2.24) is 20.0 Å². The minimum absolute atomic E-state index is 0.292. The van der Waals surface area contributed by atoms with E-state index in [4.69, 9.17) is 11.6 Å². The van der Waals surface area contributed by atoms with Gasteiger partial charge in [0.2, 0.25) is 0 Å². The van der Waals surface area contributed by atoms with E-state index in [0.29, 0.717) is 28.7 Å². The maximum atomic E-state index is 9.93. The van der Waals surface area contributed by atoms with E-state index in [1.54, 1.807) is 18.3 Å². The number of halogens is 1. The van der Waals surface area contributed by atoms with Crippen LogP contribution < -0.4 is 0 Å². The largest absolute Gasteiger partial charge is 0.390 e. The smallest absolute Gasteiger partial charge is 0.175 e. The van der Waals surface area contributed by atoms with Gasteiger partial charge in [-0.2, -0.15) is 17.7 Å². The second-order valence-corrected chi connectivity index (χ2v) is 4.79. The first-order valence-corrected chi connectivity index (χ1v) is 6.64. The number of aliphatic hydroxyl groups excluding tert-OH is 2. The number of aromatic nitrogens is 4. The van der Waals surface area contributed by atoms with Gasteiger partial charge in [-0.15, -0.1) is 10.2 Å². The maximum absolute atomic E-state index is 9.93. The molecule has 19 heavy (non-hydrogen) atoms. The molecule has 2 unspecified atom stereocenters. The van der Waals surface area contributed by atoms with Gasteiger partial charge in [-0.25, -0.2) is 4.68 Å². The SMILES string of the molecule is OC(CCS)C(O)c1cnn(-c2ccc(Cl)nn2)c1. The van der Waals surface area contributed by atoms with Gasteiger partial charge in [-0.1, -0.05) is 11.6 Å². The molecule has 2 aromatic heterocycles. The van der Waals surface area contributed by atoms with Crippen LogP contribution in [-0.2, 0) is 0 Å². The van der Waals surface area contributed by atoms with Gasteiger partial charge in [-0.3, -0.25) is 0 Å². The topological polar surface area (TPSA) is 84.1 Å². The van der Waals surface area contributed by atoms with E-state index >= 15 is 0 Å². The molecule has 0 fully saturated rings. The molecule has 0 aromatic carbocycles. The summed E-state index contributed by atoms with van der Waals surface area (Å²) in [5.41, 5.74) is 0.506. The molecular formula is C11H13ClN4O2S. The van der Waals surface area contributed by atoms with E-state index in [9.17, 15) is 10.2 Å². The lowest BCUT2D eigenvalue weighted by Gasteiger charge is -2.14. The quantitative estimate of drug-likeness (QED) is 0.718. The highest BCUT2D eigenvalue weighted by molar-refractivity contribution is 7.80. The Balaban J connectivity index is 2.16. The van der Waals surface area contributed by atoms with Crippen molar-refractivity contribution >= 4 is 24.2 Å². The number of nitrogens with zero attached hydrogens (tertiary/aromatic N) is 4. The first kappa shape index (κ1) is 14.3. The summed E-state index contributed by atoms with van der Waals surface area (Å²) in [6.45, 7) is 0. The zero-order valence-corrected chi connectivity index (χ0v) is 11.5. The minimum atomic E-state index is -0.999. The van der Waals surface area contributed by atoms with Crippen molar-refractivity contribution in [2.75, 3.05) is 5.75 Å². The number of rotatable bonds is 5. The van der Waals surface area contributed by atoms with Gasteiger partial charge in [0.25, 0.3) is 0 Å². The molecule has 0 saturated heterocycles. The molecule has 0 amide bonds. The summed E-state index contributed by atoms with van der Waals surface area (Å²) >= 11 is 9.66. The Morgan fingerprint density at radius 3 is 2.74 bits per heavy atom. The molecule has 0 bridgehead atoms. The predicted octanol–water partition coefficient (Wildman–Crippen LogP) is 1.03. The van der Waals surface area contributed by atoms with Crippen molar-refractivity contribution in [3.8, 4) is 5.82 Å². The lowest BCUT2D eigenvalue weighted by atomic mass is 10.1. The van der Waals surface area contributed by atoms with Crippen molar-refractivity contribution < 1.29 is 10.2 Å². The second-order valence-electron chi connectivity index (χ2n) is 3.96. The lowest BCUT2D eigenvalue weighted by Crippen LogP contribution is -2.18. The Morgan fingerprint density at radius 2 is 2.11 bits per heavy atom. The Labute approximate surface area is 120 Å². The molecule has 2 N–H and O–H groups in total. The van der Waals surface area contributed by atoms with Crippen LogP contribution >= 0.6 is 24.2 Å². The molecule has 0 aliphatic carbocycles. The third kappa shape index (κ3) is 3.44. The fourth-order valence-electron chi connectivity index (χ4n) is 1.56. The molecule has 102 valence electrons. The van der Waals surface area contributed by atoms with Crippen LogP contribution in [0.3, 0.4) is 0 Å². The molecule has 6 nitrogen and oxygen atoms in total. The Morgan fingerprint density at radius 1 is 1.32 bits per heavy atom. The van der Waals surface area contributed by atoms with Gasteiger partial charge in [0.05, 0.1) is 12.3 Å². The van der Waals surface area contributed by atoms with Crippen LogP contribution in [0.1, 0.15) is 18.1 Å². The summed E-state index contributed by atoms with van der Waals surface area (Å²) in [6, 6.07) is 3.25. The Bertz CT molecular complexity index is 534. The fraction of sp³-hybridized carbons (Fsp3) is 0.364. The van der Waals surface area contributed by atoms with Crippen molar-refractivity contribution in [2.24, 2.45) is 0 Å². The number of thiol groups is 1. The number of hydrogen-bond donors (Lipinski definition) is 3. The Hall–Kier alpha value is -1.15. The summed E-state index contributed by atoms with van der Waals surface area (Å²) in [7, 11) is 0. The average Bonchev–Trinajstić information content (AvgIpc) is 2.88. The molecule has 0 radical (unpaired) electrons. The molecule has 2 atom stereocenters. The predicted molar refractivity (Wildman–Crippen MR) is 73.6 cm³/mol. The summed E-state index contributed by atoms with van der Waals surface area (Å²) in [6.07, 6.45) is 1.59. The van der Waals surface area contributed by atoms with Crippen LogP contribution in [0.25, 0.3) is 5.82 Å². The van der Waals surface area contributed by atoms with Crippen molar-refractivity contribution in [3.05, 3.63) is 35.2 Å². The van der Waals surface area contributed by atoms with E-state index in [2.05, 4.69) is 27.9 Å². The highest BCUT2D eigenvalue weighted by atomic mass is 35.5. The molecule has 2 aromatic rings. The van der Waals surface area contributed by atoms with Gasteiger partial charge in [0.15, 0.2) is 11.0 Å². The zero-order valence-electron chi connectivity index (χ0n) is 9.89. The number of hydrogen-bond acceptors (Lipinski definition) is 6. The summed E-state index contributed by atoms with van der Waals surface area (Å²) < 4.78 is 1.45. The van der Waals surface area contributed by atoms with Crippen LogP contribution in [0.4, 0.5) is 0 Å². The first-order chi connectivity index (χ1) is 9.11. The van der Waals surface area contributed by atoms with Crippen molar-refractivity contribution in [3.63, 3.8) is 0 Å². The minimum Gasteiger partial charge on any atom is -0.390 e. The van der Waals surface area contributed by atoms with Gasteiger partial charge >= 0.3 is 0 Å². The van der Waals surface area contributed by atoms with E-state index in [-0.39, 0.29) is 0 Å². The summed E-state index contributed by atoms with van der Waals surface area (Å²) in [5, 5.41) is 31.6. The van der Waals surface area contributed by atoms with Gasteiger partial charge in [0.1, 0.15) is 6.10 Å². The fourth-order valence-corrected chi connectivity index (χ4v) is 1.92. The number of aliphatic hydroxyl groups is 2. The van der Waals surface area contributed by atoms with Gasteiger partial charge < -0.3 is 10.2 Å². The van der Waals surface area contributed by atoms with Crippen LogP contribution in [0.5, 0.6) is 0 Å². The molecule has 0 aliphatic rings. The lowest BCUT2D eigenvalue weighted by molar-refractivity contribution is 0.0172. The zero-order chi connectivity index (χ0) is 13.8. The monoisotopic (exact) mass is 300 g/mol. The normalized spacial score (nSPS) is 14.3. The van der Waals surface area contributed by atoms with E-state index in [0.717, 1.165) is 0 Å². The average molecular weight is 301 g/mol. The van der Waals surface area contributed by atoms with E-state index in [1.165, 1.54) is 10.9 Å². The summed E-state index contributed by atoms with van der Waals surface area (Å²) in [5.74, 6) is 0.973. The molecule has 0 aliphatic heterocycles. The third-order valence-electron chi connectivity index (χ3n) is 2.59. The van der Waals surface area contributed by atoms with Gasteiger partial charge in [-0.05, 0) is 24.3 Å². The standard InChI is InChI=1S/C11H13ClN4O2S/c12-9-1-2-10(15-14-9)16-6-7(5-13-16)11(18)8(17)3-4-19/h1-2,5-6,8,11,17-19H,3-4H2. The molecule has 8 heteroatoms. The maximum Gasteiger partial charge on any atom is 0.175 e. The van der Waals surface area contributed by atoms with Crippen molar-refractivity contribution in [1.29, 1.82) is 0 Å². The van der Waals surface area contributed by atoms with Crippen LogP contribution in [0, 0.1) is 0 Å². The molecular weight excluding hydrogens is 288 g/mol. The molecule has 2 heterocycles. The van der Waals surface area contributed by atoms with E-state index < -0.39 is 12.2 Å². The molecule has 0 spiro atoms. The van der Waals surface area contributed by atoms with E-state index in [1.807, 2.05) is 0 Å². The second kappa shape index (κ2) is 6.33. The highest BCUT2D eigenvalue weighted by Gasteiger charge is 2.19. The van der Waals surface area contributed by atoms with Gasteiger partial charge in [0, 0.05) is 11.8 Å².